The summed E-state index contributed by atoms with van der Waals surface area (Å²) in [6.07, 6.45) is 4.19. The number of hydrogen-bond donors (Lipinski definition) is 0. The first-order valence-corrected chi connectivity index (χ1v) is 21.7. The van der Waals surface area contributed by atoms with E-state index in [0.717, 1.165) is 22.3 Å². The van der Waals surface area contributed by atoms with Gasteiger partial charge in [0.2, 0.25) is 0 Å². The molecule has 0 bridgehead atoms. The van der Waals surface area contributed by atoms with Crippen LogP contribution >= 0.6 is 15.8 Å². The monoisotopic (exact) mass is 756 g/mol. The molecule has 2 nitrogen and oxygen atoms in total. The molecule has 4 heteroatoms. The van der Waals surface area contributed by atoms with E-state index < -0.39 is 15.8 Å². The fraction of sp³-hybridized carbons (Fsp3) is 0.0385. The first-order chi connectivity index (χ1) is 27.8. The van der Waals surface area contributed by atoms with Crippen LogP contribution in [0, 0.1) is 0 Å². The Hall–Kier alpha value is -6.04. The summed E-state index contributed by atoms with van der Waals surface area (Å²) in [4.78, 5) is 11.0. The molecule has 0 N–H and O–H groups in total. The molecule has 8 aromatic carbocycles. The smallest absolute Gasteiger partial charge is 0.101 e. The van der Waals surface area contributed by atoms with Crippen LogP contribution in [-0.4, -0.2) is 12.4 Å². The second-order valence-electron chi connectivity index (χ2n) is 13.4. The van der Waals surface area contributed by atoms with Gasteiger partial charge in [-0.2, -0.15) is 0 Å². The Kier molecular flexibility index (Phi) is 12.2. The van der Waals surface area contributed by atoms with Gasteiger partial charge in [-0.25, -0.2) is 0 Å². The number of rotatable bonds is 13. The van der Waals surface area contributed by atoms with E-state index in [2.05, 4.69) is 243 Å². The van der Waals surface area contributed by atoms with Crippen molar-refractivity contribution in [3.05, 3.63) is 253 Å². The Bertz CT molecular complexity index is 2220. The minimum absolute atomic E-state index is 0.278. The zero-order valence-electron chi connectivity index (χ0n) is 31.0. The predicted molar refractivity (Wildman–Crippen MR) is 244 cm³/mol. The summed E-state index contributed by atoms with van der Waals surface area (Å²) in [6, 6.07) is 81.6. The van der Waals surface area contributed by atoms with Gasteiger partial charge in [-0.15, -0.1) is 0 Å². The lowest BCUT2D eigenvalue weighted by Crippen LogP contribution is -2.23. The lowest BCUT2D eigenvalue weighted by molar-refractivity contribution is 0.583. The van der Waals surface area contributed by atoms with Crippen LogP contribution in [0.2, 0.25) is 0 Å². The van der Waals surface area contributed by atoms with Gasteiger partial charge in [-0.3, -0.25) is 9.98 Å². The summed E-state index contributed by atoms with van der Waals surface area (Å²) in [7, 11) is -1.63. The Morgan fingerprint density at radius 2 is 0.536 bits per heavy atom. The highest BCUT2D eigenvalue weighted by atomic mass is 31.1. The number of aliphatic imine (C=N–C) groups is 2. The van der Waals surface area contributed by atoms with Crippen molar-refractivity contribution in [2.24, 2.45) is 9.98 Å². The van der Waals surface area contributed by atoms with E-state index in [-0.39, 0.29) is 12.1 Å². The average Bonchev–Trinajstić information content (AvgIpc) is 3.28. The van der Waals surface area contributed by atoms with Crippen LogP contribution in [0.4, 0.5) is 0 Å². The van der Waals surface area contributed by atoms with Crippen LogP contribution in [0.25, 0.3) is 0 Å². The van der Waals surface area contributed by atoms with E-state index in [4.69, 9.17) is 9.98 Å². The summed E-state index contributed by atoms with van der Waals surface area (Å²) < 4.78 is 0. The number of nitrogens with zero attached hydrogens (tertiary/aromatic N) is 2. The van der Waals surface area contributed by atoms with Gasteiger partial charge < -0.3 is 0 Å². The predicted octanol–water partition coefficient (Wildman–Crippen LogP) is 10.2. The first kappa shape index (κ1) is 36.9. The van der Waals surface area contributed by atoms with Crippen LogP contribution in [-0.2, 0) is 0 Å². The molecule has 2 atom stereocenters. The van der Waals surface area contributed by atoms with Crippen molar-refractivity contribution in [2.75, 3.05) is 0 Å². The molecule has 0 unspecified atom stereocenters. The highest BCUT2D eigenvalue weighted by Gasteiger charge is 2.25. The summed E-state index contributed by atoms with van der Waals surface area (Å²) in [6.45, 7) is 0. The molecule has 0 fully saturated rings. The van der Waals surface area contributed by atoms with Gasteiger partial charge in [0, 0.05) is 23.6 Å². The highest BCUT2D eigenvalue weighted by molar-refractivity contribution is 7.80. The molecule has 270 valence electrons. The molecule has 0 radical (unpaired) electrons. The third-order valence-electron chi connectivity index (χ3n) is 9.74. The second-order valence-corrected chi connectivity index (χ2v) is 17.8. The normalized spacial score (nSPS) is 12.7. The molecular formula is C52H42N2P2. The fourth-order valence-corrected chi connectivity index (χ4v) is 11.9. The fourth-order valence-electron chi connectivity index (χ4n) is 7.08. The van der Waals surface area contributed by atoms with Crippen LogP contribution < -0.4 is 31.8 Å². The Morgan fingerprint density at radius 1 is 0.286 bits per heavy atom. The summed E-state index contributed by atoms with van der Waals surface area (Å²) in [5.41, 5.74) is 4.46. The van der Waals surface area contributed by atoms with Gasteiger partial charge in [-0.1, -0.05) is 231 Å². The van der Waals surface area contributed by atoms with Crippen molar-refractivity contribution in [2.45, 2.75) is 12.1 Å². The minimum atomic E-state index is -0.816. The molecule has 0 spiro atoms. The molecule has 0 heterocycles. The summed E-state index contributed by atoms with van der Waals surface area (Å²) in [5, 5.41) is 7.80. The van der Waals surface area contributed by atoms with Crippen LogP contribution in [0.15, 0.2) is 241 Å². The third-order valence-corrected chi connectivity index (χ3v) is 14.8. The van der Waals surface area contributed by atoms with E-state index in [1.54, 1.807) is 0 Å². The molecule has 0 saturated carbocycles. The number of hydrogen-bond acceptors (Lipinski definition) is 2. The topological polar surface area (TPSA) is 24.7 Å². The van der Waals surface area contributed by atoms with Crippen molar-refractivity contribution >= 4 is 60.1 Å². The van der Waals surface area contributed by atoms with E-state index in [9.17, 15) is 0 Å². The van der Waals surface area contributed by atoms with E-state index in [1.165, 1.54) is 31.8 Å². The quantitative estimate of drug-likeness (QED) is 0.0827. The third kappa shape index (κ3) is 8.75. The highest BCUT2D eigenvalue weighted by Crippen LogP contribution is 2.38. The molecule has 0 aliphatic rings. The Balaban J connectivity index is 1.23. The SMILES string of the molecule is C(=N[C@H](c1ccccc1)[C@H](N=Cc1ccccc1P(c1ccccc1)c1ccccc1)c1ccccc1)c1ccccc1P(c1ccccc1)c1ccccc1. The summed E-state index contributed by atoms with van der Waals surface area (Å²) in [5.74, 6) is 0. The van der Waals surface area contributed by atoms with Crippen LogP contribution in [0.5, 0.6) is 0 Å². The van der Waals surface area contributed by atoms with Gasteiger partial charge in [0.25, 0.3) is 0 Å². The molecule has 8 aromatic rings. The minimum Gasteiger partial charge on any atom is -0.282 e. The molecule has 8 rings (SSSR count). The van der Waals surface area contributed by atoms with Gasteiger partial charge in [0.05, 0.1) is 0 Å². The van der Waals surface area contributed by atoms with E-state index >= 15 is 0 Å². The van der Waals surface area contributed by atoms with Gasteiger partial charge >= 0.3 is 0 Å². The lowest BCUT2D eigenvalue weighted by Gasteiger charge is -2.24. The average molecular weight is 757 g/mol. The zero-order valence-corrected chi connectivity index (χ0v) is 32.8. The van der Waals surface area contributed by atoms with Gasteiger partial charge in [-0.05, 0) is 58.8 Å². The maximum atomic E-state index is 5.51. The molecule has 0 saturated heterocycles. The van der Waals surface area contributed by atoms with Crippen molar-refractivity contribution in [3.8, 4) is 0 Å². The zero-order chi connectivity index (χ0) is 37.8. The van der Waals surface area contributed by atoms with Crippen molar-refractivity contribution in [1.82, 2.24) is 0 Å². The Labute approximate surface area is 333 Å². The lowest BCUT2D eigenvalue weighted by atomic mass is 9.94. The Morgan fingerprint density at radius 3 is 0.839 bits per heavy atom. The summed E-state index contributed by atoms with van der Waals surface area (Å²) >= 11 is 0. The number of benzene rings is 8. The molecule has 0 aliphatic carbocycles. The molecule has 0 aliphatic heterocycles. The molecule has 0 aromatic heterocycles. The van der Waals surface area contributed by atoms with Crippen LogP contribution in [0.3, 0.4) is 0 Å². The maximum absolute atomic E-state index is 5.51. The molecule has 56 heavy (non-hydrogen) atoms. The van der Waals surface area contributed by atoms with Crippen molar-refractivity contribution in [3.63, 3.8) is 0 Å². The van der Waals surface area contributed by atoms with Gasteiger partial charge in [0.15, 0.2) is 0 Å². The first-order valence-electron chi connectivity index (χ1n) is 19.0. The molecular weight excluding hydrogens is 715 g/mol. The molecule has 0 amide bonds. The van der Waals surface area contributed by atoms with Gasteiger partial charge in [0.1, 0.15) is 12.1 Å². The van der Waals surface area contributed by atoms with Crippen molar-refractivity contribution < 1.29 is 0 Å². The standard InChI is InChI=1S/C52H42N2P2/c1-7-23-41(24-8-1)51(53-39-43-27-19-21-37-49(43)55(45-29-11-3-12-30-45)46-31-13-4-14-32-46)52(42-25-9-2-10-26-42)54-40-44-28-20-22-38-50(44)56(47-33-15-5-16-34-47)48-35-17-6-18-36-48/h1-40,51-52H/t51-,52-/m1/s1. The maximum Gasteiger partial charge on any atom is 0.101 e. The van der Waals surface area contributed by atoms with E-state index in [0.29, 0.717) is 0 Å². The second kappa shape index (κ2) is 18.5. The van der Waals surface area contributed by atoms with Crippen molar-refractivity contribution in [1.29, 1.82) is 0 Å². The van der Waals surface area contributed by atoms with Crippen LogP contribution in [0.1, 0.15) is 34.3 Å². The van der Waals surface area contributed by atoms with E-state index in [1.807, 2.05) is 0 Å². The largest absolute Gasteiger partial charge is 0.282 e.